The molecule has 7 heteroatoms. The molecular weight excluding hydrogens is 304 g/mol. The molecule has 0 bridgehead atoms. The van der Waals surface area contributed by atoms with Crippen LogP contribution in [-0.4, -0.2) is 83.1 Å². The van der Waals surface area contributed by atoms with Crippen LogP contribution >= 0.6 is 0 Å². The van der Waals surface area contributed by atoms with Gasteiger partial charge in [0, 0.05) is 6.42 Å². The molecule has 0 saturated carbocycles. The minimum atomic E-state index is -0.00259. The lowest BCUT2D eigenvalue weighted by molar-refractivity contribution is -0.108. The first kappa shape index (κ1) is 22.4. The first-order chi connectivity index (χ1) is 11.2. The summed E-state index contributed by atoms with van der Waals surface area (Å²) in [7, 11) is 0. The fourth-order valence-corrected chi connectivity index (χ4v) is 1.65. The predicted octanol–water partition coefficient (Wildman–Crippen LogP) is 0.818. The van der Waals surface area contributed by atoms with Crippen molar-refractivity contribution in [1.29, 1.82) is 0 Å². The van der Waals surface area contributed by atoms with Crippen molar-refractivity contribution in [2.24, 2.45) is 0 Å². The first-order valence-electron chi connectivity index (χ1n) is 8.21. The van der Waals surface area contributed by atoms with Crippen molar-refractivity contribution in [2.75, 3.05) is 59.5 Å². The maximum atomic E-state index is 10.3. The summed E-state index contributed by atoms with van der Waals surface area (Å²) in [6, 6.07) is 0. The van der Waals surface area contributed by atoms with Gasteiger partial charge in [0.1, 0.15) is 6.29 Å². The molecule has 0 saturated heterocycles. The first-order valence-corrected chi connectivity index (χ1v) is 8.21. The Morgan fingerprint density at radius 2 is 1.39 bits per heavy atom. The highest BCUT2D eigenvalue weighted by molar-refractivity contribution is 5.49. The third kappa shape index (κ3) is 17.6. The molecule has 0 rings (SSSR count). The normalized spacial score (nSPS) is 13.9. The number of aliphatic hydroxyl groups is 1. The van der Waals surface area contributed by atoms with E-state index in [1.165, 1.54) is 0 Å². The van der Waals surface area contributed by atoms with Crippen LogP contribution in [0, 0.1) is 0 Å². The van der Waals surface area contributed by atoms with Gasteiger partial charge in [-0.1, -0.05) is 0 Å². The van der Waals surface area contributed by atoms with E-state index in [1.54, 1.807) is 0 Å². The standard InChI is InChI=1S/C16H32O7/c1-15(4-3-5-17)23-14-16(2)22-13-12-21-11-10-20-9-8-19-7-6-18/h5,15-16,18H,3-4,6-14H2,1-2H3. The zero-order valence-electron chi connectivity index (χ0n) is 14.4. The fraction of sp³-hybridized carbons (Fsp3) is 0.938. The molecule has 23 heavy (non-hydrogen) atoms. The molecule has 1 N–H and O–H groups in total. The van der Waals surface area contributed by atoms with Crippen LogP contribution in [0.25, 0.3) is 0 Å². The van der Waals surface area contributed by atoms with Gasteiger partial charge in [-0.2, -0.15) is 0 Å². The maximum Gasteiger partial charge on any atom is 0.120 e. The van der Waals surface area contributed by atoms with Crippen LogP contribution in [0.1, 0.15) is 26.7 Å². The summed E-state index contributed by atoms with van der Waals surface area (Å²) in [5.41, 5.74) is 0. The highest BCUT2D eigenvalue weighted by Crippen LogP contribution is 2.02. The molecule has 0 amide bonds. The van der Waals surface area contributed by atoms with Gasteiger partial charge in [-0.3, -0.25) is 0 Å². The van der Waals surface area contributed by atoms with E-state index in [2.05, 4.69) is 0 Å². The lowest BCUT2D eigenvalue weighted by Gasteiger charge is -2.17. The van der Waals surface area contributed by atoms with Gasteiger partial charge in [0.25, 0.3) is 0 Å². The fourth-order valence-electron chi connectivity index (χ4n) is 1.65. The Kier molecular flexibility index (Phi) is 17.3. The lowest BCUT2D eigenvalue weighted by Crippen LogP contribution is -2.22. The largest absolute Gasteiger partial charge is 0.394 e. The predicted molar refractivity (Wildman–Crippen MR) is 85.7 cm³/mol. The number of rotatable bonds is 18. The zero-order chi connectivity index (χ0) is 17.2. The summed E-state index contributed by atoms with van der Waals surface area (Å²) >= 11 is 0. The van der Waals surface area contributed by atoms with Crippen LogP contribution in [0.4, 0.5) is 0 Å². The number of aldehydes is 1. The van der Waals surface area contributed by atoms with Crippen LogP contribution in [-0.2, 0) is 28.5 Å². The smallest absolute Gasteiger partial charge is 0.120 e. The molecule has 0 heterocycles. The maximum absolute atomic E-state index is 10.3. The van der Waals surface area contributed by atoms with Crippen molar-refractivity contribution < 1.29 is 33.6 Å². The van der Waals surface area contributed by atoms with E-state index in [9.17, 15) is 4.79 Å². The molecule has 0 spiro atoms. The second kappa shape index (κ2) is 17.8. The van der Waals surface area contributed by atoms with E-state index in [4.69, 9.17) is 28.8 Å². The third-order valence-electron chi connectivity index (χ3n) is 2.92. The summed E-state index contributed by atoms with van der Waals surface area (Å²) in [4.78, 5) is 10.3. The Hall–Kier alpha value is -0.570. The third-order valence-corrected chi connectivity index (χ3v) is 2.92. The molecule has 2 unspecified atom stereocenters. The molecular formula is C16H32O7. The minimum Gasteiger partial charge on any atom is -0.394 e. The summed E-state index contributed by atoms with van der Waals surface area (Å²) < 4.78 is 26.9. The van der Waals surface area contributed by atoms with Gasteiger partial charge in [-0.15, -0.1) is 0 Å². The van der Waals surface area contributed by atoms with Crippen LogP contribution < -0.4 is 0 Å². The van der Waals surface area contributed by atoms with E-state index in [1.807, 2.05) is 13.8 Å². The monoisotopic (exact) mass is 336 g/mol. The number of ether oxygens (including phenoxy) is 5. The topological polar surface area (TPSA) is 83.5 Å². The van der Waals surface area contributed by atoms with E-state index < -0.39 is 0 Å². The van der Waals surface area contributed by atoms with Crippen molar-refractivity contribution in [3.05, 3.63) is 0 Å². The van der Waals surface area contributed by atoms with E-state index >= 15 is 0 Å². The van der Waals surface area contributed by atoms with E-state index in [0.29, 0.717) is 59.3 Å². The van der Waals surface area contributed by atoms with Crippen LogP contribution in [0.5, 0.6) is 0 Å². The molecule has 0 aromatic carbocycles. The average molecular weight is 336 g/mol. The molecule has 0 aliphatic carbocycles. The summed E-state index contributed by atoms with van der Waals surface area (Å²) in [5, 5.41) is 8.51. The second-order valence-electron chi connectivity index (χ2n) is 5.13. The van der Waals surface area contributed by atoms with Crippen molar-refractivity contribution >= 4 is 6.29 Å². The summed E-state index contributed by atoms with van der Waals surface area (Å²) in [6.07, 6.45) is 2.24. The van der Waals surface area contributed by atoms with Gasteiger partial charge in [0.2, 0.25) is 0 Å². The molecule has 0 aromatic heterocycles. The highest BCUT2D eigenvalue weighted by Gasteiger charge is 2.06. The lowest BCUT2D eigenvalue weighted by atomic mass is 10.2. The molecule has 0 fully saturated rings. The van der Waals surface area contributed by atoms with Gasteiger partial charge in [-0.05, 0) is 20.3 Å². The second-order valence-corrected chi connectivity index (χ2v) is 5.13. The van der Waals surface area contributed by atoms with Crippen molar-refractivity contribution in [3.63, 3.8) is 0 Å². The number of carbonyl (C=O) groups is 1. The SMILES string of the molecule is CC(CCC=O)OCC(C)OCCOCCOCCOCCO. The number of hydrogen-bond donors (Lipinski definition) is 1. The van der Waals surface area contributed by atoms with E-state index in [-0.39, 0.29) is 18.8 Å². The molecule has 0 aromatic rings. The van der Waals surface area contributed by atoms with Gasteiger partial charge < -0.3 is 33.6 Å². The molecule has 0 aliphatic heterocycles. The zero-order valence-corrected chi connectivity index (χ0v) is 14.4. The Labute approximate surface area is 139 Å². The molecule has 138 valence electrons. The average Bonchev–Trinajstić information content (AvgIpc) is 2.56. The van der Waals surface area contributed by atoms with Crippen LogP contribution in [0.3, 0.4) is 0 Å². The quantitative estimate of drug-likeness (QED) is 0.293. The van der Waals surface area contributed by atoms with Crippen molar-refractivity contribution in [1.82, 2.24) is 0 Å². The van der Waals surface area contributed by atoms with Crippen molar-refractivity contribution in [3.8, 4) is 0 Å². The number of hydrogen-bond acceptors (Lipinski definition) is 7. The van der Waals surface area contributed by atoms with Crippen molar-refractivity contribution in [2.45, 2.75) is 38.9 Å². The molecule has 0 aliphatic rings. The summed E-state index contributed by atoms with van der Waals surface area (Å²) in [5.74, 6) is 0. The number of carbonyl (C=O) groups excluding carboxylic acids is 1. The molecule has 2 atom stereocenters. The highest BCUT2D eigenvalue weighted by atomic mass is 16.6. The Morgan fingerprint density at radius 3 is 1.96 bits per heavy atom. The summed E-state index contributed by atoms with van der Waals surface area (Å²) in [6.45, 7) is 7.80. The van der Waals surface area contributed by atoms with Gasteiger partial charge >= 0.3 is 0 Å². The van der Waals surface area contributed by atoms with Gasteiger partial charge in [-0.25, -0.2) is 0 Å². The Balaban J connectivity index is 3.23. The van der Waals surface area contributed by atoms with Gasteiger partial charge in [0.05, 0.1) is 71.7 Å². The van der Waals surface area contributed by atoms with Crippen LogP contribution in [0.2, 0.25) is 0 Å². The van der Waals surface area contributed by atoms with E-state index in [0.717, 1.165) is 12.7 Å². The molecule has 7 nitrogen and oxygen atoms in total. The van der Waals surface area contributed by atoms with Gasteiger partial charge in [0.15, 0.2) is 0 Å². The molecule has 0 radical (unpaired) electrons. The Bertz CT molecular complexity index is 251. The van der Waals surface area contributed by atoms with Crippen LogP contribution in [0.15, 0.2) is 0 Å². The number of aliphatic hydroxyl groups excluding tert-OH is 1. The Morgan fingerprint density at radius 1 is 0.826 bits per heavy atom. The minimum absolute atomic E-state index is 0.00259.